The number of hydrogen-bond acceptors (Lipinski definition) is 2. The number of aromatic nitrogens is 4. The highest BCUT2D eigenvalue weighted by Gasteiger charge is 2.21. The molecule has 0 aliphatic carbocycles. The van der Waals surface area contributed by atoms with Crippen LogP contribution in [0.3, 0.4) is 0 Å². The number of halogens is 2. The summed E-state index contributed by atoms with van der Waals surface area (Å²) in [5, 5.41) is 17.9. The van der Waals surface area contributed by atoms with Crippen molar-refractivity contribution in [2.75, 3.05) is 0 Å². The molecule has 0 fully saturated rings. The molecule has 22 heavy (non-hydrogen) atoms. The molecule has 2 N–H and O–H groups in total. The van der Waals surface area contributed by atoms with Crippen LogP contribution >= 0.6 is 0 Å². The van der Waals surface area contributed by atoms with Gasteiger partial charge in [0.25, 0.3) is 0 Å². The Kier molecular flexibility index (Phi) is 7.47. The Morgan fingerprint density at radius 3 is 1.45 bits per heavy atom. The minimum absolute atomic E-state index is 0. The van der Waals surface area contributed by atoms with Gasteiger partial charge in [-0.3, -0.25) is 0 Å². The van der Waals surface area contributed by atoms with Gasteiger partial charge in [-0.2, -0.15) is 0 Å². The van der Waals surface area contributed by atoms with Crippen molar-refractivity contribution >= 4 is 11.9 Å². The quantitative estimate of drug-likeness (QED) is 0.453. The summed E-state index contributed by atoms with van der Waals surface area (Å²) in [4.78, 5) is 21.9. The molecule has 2 heterocycles. The zero-order chi connectivity index (χ0) is 14.9. The molecule has 0 aromatic carbocycles. The Labute approximate surface area is 147 Å². The third-order valence-electron chi connectivity index (χ3n) is 3.27. The number of aryl methyl sites for hydroxylation is 2. The predicted molar refractivity (Wildman–Crippen MR) is 65.1 cm³/mol. The van der Waals surface area contributed by atoms with Crippen LogP contribution in [0.4, 0.5) is 0 Å². The predicted octanol–water partition coefficient (Wildman–Crippen LogP) is -6.96. The van der Waals surface area contributed by atoms with E-state index in [1.54, 1.807) is 45.2 Å². The second-order valence-corrected chi connectivity index (χ2v) is 4.39. The molecule has 0 spiro atoms. The third kappa shape index (κ3) is 3.95. The zero-order valence-corrected chi connectivity index (χ0v) is 15.2. The number of carboxylic acid groups (broad SMARTS) is 2. The zero-order valence-electron chi connectivity index (χ0n) is 12.0. The standard InChI is InChI=1S/C12H14N4O4.2BrH/c1-13-9(11(17)18)3-5-15(13)7-8-16-6-4-10(12(19)20)14(16)2;;/h3-6H,7-8H2,1-2H3;2*1H. The molecule has 10 heteroatoms. The monoisotopic (exact) mass is 438 g/mol. The topological polar surface area (TPSA) is 92.2 Å². The van der Waals surface area contributed by atoms with Crippen molar-refractivity contribution in [2.45, 2.75) is 13.1 Å². The number of carboxylic acids is 2. The number of nitrogens with zero attached hydrogens (tertiary/aromatic N) is 4. The van der Waals surface area contributed by atoms with Crippen molar-refractivity contribution in [3.63, 3.8) is 0 Å². The van der Waals surface area contributed by atoms with Gasteiger partial charge in [0.15, 0.2) is 23.8 Å². The van der Waals surface area contributed by atoms with Crippen LogP contribution in [0.2, 0.25) is 0 Å². The van der Waals surface area contributed by atoms with E-state index in [-0.39, 0.29) is 45.4 Å². The fourth-order valence-corrected chi connectivity index (χ4v) is 2.08. The lowest BCUT2D eigenvalue weighted by atomic mass is 10.4. The lowest BCUT2D eigenvalue weighted by Crippen LogP contribution is -3.00. The van der Waals surface area contributed by atoms with Crippen LogP contribution in [0.5, 0.6) is 0 Å². The molecule has 0 unspecified atom stereocenters. The molecule has 0 saturated heterocycles. The maximum Gasteiger partial charge on any atom is 0.358 e. The molecule has 2 aromatic rings. The third-order valence-corrected chi connectivity index (χ3v) is 3.27. The van der Waals surface area contributed by atoms with Gasteiger partial charge in [0.2, 0.25) is 13.1 Å². The molecule has 0 aliphatic heterocycles. The first-order valence-corrected chi connectivity index (χ1v) is 5.99. The van der Waals surface area contributed by atoms with Gasteiger partial charge in [0.05, 0.1) is 14.1 Å². The number of rotatable bonds is 5. The van der Waals surface area contributed by atoms with E-state index in [0.717, 1.165) is 0 Å². The summed E-state index contributed by atoms with van der Waals surface area (Å²) in [6, 6.07) is 3.06. The summed E-state index contributed by atoms with van der Waals surface area (Å²) in [7, 11) is 3.34. The van der Waals surface area contributed by atoms with E-state index >= 15 is 0 Å². The Hall–Kier alpha value is -1.68. The molecular weight excluding hydrogens is 424 g/mol. The van der Waals surface area contributed by atoms with E-state index in [0.29, 0.717) is 13.1 Å². The Bertz CT molecular complexity index is 622. The van der Waals surface area contributed by atoms with Crippen molar-refractivity contribution in [1.29, 1.82) is 0 Å². The van der Waals surface area contributed by atoms with Crippen molar-refractivity contribution in [3.05, 3.63) is 35.9 Å². The summed E-state index contributed by atoms with van der Waals surface area (Å²) in [5.74, 6) is -1.96. The maximum atomic E-state index is 10.9. The lowest BCUT2D eigenvalue weighted by molar-refractivity contribution is -0.847. The summed E-state index contributed by atoms with van der Waals surface area (Å²) >= 11 is 0. The highest BCUT2D eigenvalue weighted by Crippen LogP contribution is 1.95. The summed E-state index contributed by atoms with van der Waals surface area (Å²) < 4.78 is 6.60. The van der Waals surface area contributed by atoms with Gasteiger partial charge in [-0.15, -0.1) is 18.7 Å². The lowest BCUT2D eigenvalue weighted by Gasteiger charge is -1.99. The Morgan fingerprint density at radius 2 is 1.23 bits per heavy atom. The van der Waals surface area contributed by atoms with E-state index in [1.165, 1.54) is 12.1 Å². The van der Waals surface area contributed by atoms with Crippen LogP contribution in [0.25, 0.3) is 0 Å². The highest BCUT2D eigenvalue weighted by molar-refractivity contribution is 5.85. The van der Waals surface area contributed by atoms with Gasteiger partial charge in [-0.05, 0) is 0 Å². The van der Waals surface area contributed by atoms with Gasteiger partial charge < -0.3 is 44.2 Å². The average Bonchev–Trinajstić information content (AvgIpc) is 2.91. The fourth-order valence-electron chi connectivity index (χ4n) is 2.08. The van der Waals surface area contributed by atoms with Crippen LogP contribution in [-0.4, -0.2) is 31.5 Å². The van der Waals surface area contributed by atoms with Crippen molar-refractivity contribution in [3.8, 4) is 0 Å². The van der Waals surface area contributed by atoms with Gasteiger partial charge in [0, 0.05) is 12.1 Å². The average molecular weight is 440 g/mol. The summed E-state index contributed by atoms with van der Waals surface area (Å²) in [5.41, 5.74) is 0.404. The molecule has 0 aliphatic rings. The van der Waals surface area contributed by atoms with Gasteiger partial charge >= 0.3 is 11.9 Å². The molecule has 122 valence electrons. The molecular formula is C12H16Br2N4O4. The second-order valence-electron chi connectivity index (χ2n) is 4.39. The number of aromatic carboxylic acids is 2. The van der Waals surface area contributed by atoms with Crippen LogP contribution in [0.1, 0.15) is 21.0 Å². The molecule has 0 saturated carbocycles. The highest BCUT2D eigenvalue weighted by atomic mass is 79.9. The van der Waals surface area contributed by atoms with E-state index in [4.69, 9.17) is 10.2 Å². The van der Waals surface area contributed by atoms with Crippen molar-refractivity contribution < 1.29 is 63.1 Å². The molecule has 2 rings (SSSR count). The smallest absolute Gasteiger partial charge is 0.358 e. The summed E-state index contributed by atoms with van der Waals surface area (Å²) in [6.07, 6.45) is 3.37. The maximum absolute atomic E-state index is 10.9. The SMILES string of the molecule is Cn1c(C(=O)O)cc[n+]1CC[n+]1ccc(C(=O)O)n1C.[Br-].[Br-]. The second kappa shape index (κ2) is 8.08. The minimum Gasteiger partial charge on any atom is -1.00 e. The van der Waals surface area contributed by atoms with Crippen molar-refractivity contribution in [1.82, 2.24) is 9.36 Å². The fraction of sp³-hybridized carbons (Fsp3) is 0.333. The van der Waals surface area contributed by atoms with Crippen LogP contribution < -0.4 is 43.3 Å². The minimum atomic E-state index is -0.981. The molecule has 0 atom stereocenters. The molecule has 0 bridgehead atoms. The van der Waals surface area contributed by atoms with Gasteiger partial charge in [-0.25, -0.2) is 9.59 Å². The Balaban J connectivity index is 0.00000220. The Morgan fingerprint density at radius 1 is 0.909 bits per heavy atom. The van der Waals surface area contributed by atoms with Gasteiger partial charge in [0.1, 0.15) is 0 Å². The first-order chi connectivity index (χ1) is 9.41. The number of carbonyl (C=O) groups is 2. The van der Waals surface area contributed by atoms with E-state index in [9.17, 15) is 9.59 Å². The van der Waals surface area contributed by atoms with Crippen LogP contribution in [0.15, 0.2) is 24.5 Å². The summed E-state index contributed by atoms with van der Waals surface area (Å²) in [6.45, 7) is 1.07. The molecule has 0 amide bonds. The van der Waals surface area contributed by atoms with Gasteiger partial charge in [-0.1, -0.05) is 0 Å². The van der Waals surface area contributed by atoms with E-state index in [1.807, 2.05) is 0 Å². The number of hydrogen-bond donors (Lipinski definition) is 2. The van der Waals surface area contributed by atoms with E-state index < -0.39 is 11.9 Å². The molecule has 8 nitrogen and oxygen atoms in total. The normalized spacial score (nSPS) is 9.73. The van der Waals surface area contributed by atoms with E-state index in [2.05, 4.69) is 0 Å². The van der Waals surface area contributed by atoms with Crippen molar-refractivity contribution in [2.24, 2.45) is 14.1 Å². The largest absolute Gasteiger partial charge is 1.00 e. The first kappa shape index (κ1) is 20.3. The van der Waals surface area contributed by atoms with Crippen LogP contribution in [0, 0.1) is 0 Å². The molecule has 0 radical (unpaired) electrons. The van der Waals surface area contributed by atoms with Crippen LogP contribution in [-0.2, 0) is 27.2 Å². The first-order valence-electron chi connectivity index (χ1n) is 5.99. The molecule has 2 aromatic heterocycles.